The fourth-order valence-electron chi connectivity index (χ4n) is 1.30. The molecule has 1 aliphatic rings. The lowest BCUT2D eigenvalue weighted by Crippen LogP contribution is -2.00. The van der Waals surface area contributed by atoms with Crippen LogP contribution in [0, 0.1) is 0 Å². The first-order valence-corrected chi connectivity index (χ1v) is 4.26. The van der Waals surface area contributed by atoms with Gasteiger partial charge in [0.15, 0.2) is 0 Å². The van der Waals surface area contributed by atoms with Gasteiger partial charge in [-0.2, -0.15) is 0 Å². The topological polar surface area (TPSA) is 0 Å². The van der Waals surface area contributed by atoms with Gasteiger partial charge >= 0.3 is 0 Å². The molecule has 1 aromatic rings. The van der Waals surface area contributed by atoms with Gasteiger partial charge < -0.3 is 0 Å². The number of fused-ring (bicyclic) bond motifs is 1. The Bertz CT molecular complexity index is 339. The van der Waals surface area contributed by atoms with Gasteiger partial charge in [-0.25, -0.2) is 0 Å². The minimum atomic E-state index is 0.865. The maximum Gasteiger partial charge on any atom is 0.0595 e. The fourth-order valence-corrected chi connectivity index (χ4v) is 1.84. The maximum atomic E-state index is 5.16. The summed E-state index contributed by atoms with van der Waals surface area (Å²) in [7, 11) is 0. The highest BCUT2D eigenvalue weighted by molar-refractivity contribution is 7.90. The molecule has 0 aromatic heterocycles. The minimum absolute atomic E-state index is 0.865. The van der Waals surface area contributed by atoms with Gasteiger partial charge in [0, 0.05) is 11.3 Å². The Morgan fingerprint density at radius 3 is 2.55 bits per heavy atom. The van der Waals surface area contributed by atoms with Gasteiger partial charge in [-0.1, -0.05) is 48.7 Å². The average Bonchev–Trinajstić information content (AvgIpc) is 2.30. The predicted octanol–water partition coefficient (Wildman–Crippen LogP) is 2.33. The standard InChI is InChI=1S/C9H6S2/c10-8-5-6-3-1-2-4-7(6)9(8)11/h1-4H,5H2. The molecule has 0 aliphatic heterocycles. The van der Waals surface area contributed by atoms with E-state index >= 15 is 0 Å². The zero-order valence-electron chi connectivity index (χ0n) is 5.83. The molecule has 0 heterocycles. The van der Waals surface area contributed by atoms with Gasteiger partial charge in [0.2, 0.25) is 0 Å². The van der Waals surface area contributed by atoms with Crippen molar-refractivity contribution in [1.82, 2.24) is 0 Å². The van der Waals surface area contributed by atoms with Crippen molar-refractivity contribution in [1.29, 1.82) is 0 Å². The van der Waals surface area contributed by atoms with Crippen LogP contribution in [-0.2, 0) is 6.42 Å². The number of hydrogen-bond donors (Lipinski definition) is 0. The van der Waals surface area contributed by atoms with Crippen LogP contribution in [0.1, 0.15) is 11.1 Å². The van der Waals surface area contributed by atoms with Crippen LogP contribution in [0.2, 0.25) is 0 Å². The molecule has 0 atom stereocenters. The lowest BCUT2D eigenvalue weighted by molar-refractivity contribution is 1.39. The van der Waals surface area contributed by atoms with Gasteiger partial charge in [0.05, 0.1) is 4.86 Å². The summed E-state index contributed by atoms with van der Waals surface area (Å²) in [5.41, 5.74) is 2.44. The molecule has 1 aliphatic carbocycles. The highest BCUT2D eigenvalue weighted by Gasteiger charge is 2.19. The van der Waals surface area contributed by atoms with Gasteiger partial charge in [0.1, 0.15) is 0 Å². The molecular weight excluding hydrogens is 172 g/mol. The third-order valence-electron chi connectivity index (χ3n) is 1.87. The van der Waals surface area contributed by atoms with Crippen molar-refractivity contribution in [3.63, 3.8) is 0 Å². The van der Waals surface area contributed by atoms with Crippen LogP contribution in [0.5, 0.6) is 0 Å². The minimum Gasteiger partial charge on any atom is -0.0830 e. The highest BCUT2D eigenvalue weighted by atomic mass is 32.1. The monoisotopic (exact) mass is 178 g/mol. The number of rotatable bonds is 0. The van der Waals surface area contributed by atoms with Crippen molar-refractivity contribution < 1.29 is 0 Å². The highest BCUT2D eigenvalue weighted by Crippen LogP contribution is 2.20. The Morgan fingerprint density at radius 2 is 1.82 bits per heavy atom. The van der Waals surface area contributed by atoms with Gasteiger partial charge in [-0.05, 0) is 11.1 Å². The summed E-state index contributed by atoms with van der Waals surface area (Å²) in [6.45, 7) is 0. The predicted molar refractivity (Wildman–Crippen MR) is 54.4 cm³/mol. The van der Waals surface area contributed by atoms with Crippen LogP contribution in [0.3, 0.4) is 0 Å². The van der Waals surface area contributed by atoms with E-state index < -0.39 is 0 Å². The summed E-state index contributed by atoms with van der Waals surface area (Å²) < 4.78 is 0. The fraction of sp³-hybridized carbons (Fsp3) is 0.111. The Morgan fingerprint density at radius 1 is 1.09 bits per heavy atom. The third kappa shape index (κ3) is 1.03. The first-order valence-electron chi connectivity index (χ1n) is 3.44. The van der Waals surface area contributed by atoms with E-state index in [2.05, 4.69) is 6.07 Å². The van der Waals surface area contributed by atoms with Crippen LogP contribution >= 0.6 is 24.4 Å². The molecule has 11 heavy (non-hydrogen) atoms. The second-order valence-electron chi connectivity index (χ2n) is 2.59. The molecular formula is C9H6S2. The second kappa shape index (κ2) is 2.47. The van der Waals surface area contributed by atoms with E-state index in [1.807, 2.05) is 18.2 Å². The Kier molecular flexibility index (Phi) is 1.59. The normalized spacial score (nSPS) is 15.3. The van der Waals surface area contributed by atoms with Crippen LogP contribution in [-0.4, -0.2) is 9.73 Å². The molecule has 0 radical (unpaired) electrons. The first kappa shape index (κ1) is 7.07. The summed E-state index contributed by atoms with van der Waals surface area (Å²) in [6.07, 6.45) is 0.865. The summed E-state index contributed by atoms with van der Waals surface area (Å²) in [4.78, 5) is 1.79. The third-order valence-corrected chi connectivity index (χ3v) is 2.81. The molecule has 0 spiro atoms. The molecule has 2 rings (SSSR count). The largest absolute Gasteiger partial charge is 0.0830 e. The molecule has 0 saturated carbocycles. The second-order valence-corrected chi connectivity index (χ2v) is 3.49. The van der Waals surface area contributed by atoms with Crippen molar-refractivity contribution in [3.8, 4) is 0 Å². The SMILES string of the molecule is S=C1Cc2ccccc2C1=S. The summed E-state index contributed by atoms with van der Waals surface area (Å²) >= 11 is 10.3. The van der Waals surface area contributed by atoms with Crippen molar-refractivity contribution in [3.05, 3.63) is 35.4 Å². The van der Waals surface area contributed by atoms with Crippen LogP contribution < -0.4 is 0 Å². The summed E-state index contributed by atoms with van der Waals surface area (Å²) in [5, 5.41) is 0. The van der Waals surface area contributed by atoms with Crippen molar-refractivity contribution in [2.75, 3.05) is 0 Å². The Hall–Kier alpha value is -0.600. The average molecular weight is 178 g/mol. The number of hydrogen-bond acceptors (Lipinski definition) is 2. The molecule has 0 fully saturated rings. The molecule has 0 N–H and O–H groups in total. The van der Waals surface area contributed by atoms with Crippen LogP contribution in [0.15, 0.2) is 24.3 Å². The van der Waals surface area contributed by atoms with E-state index in [1.165, 1.54) is 5.56 Å². The van der Waals surface area contributed by atoms with Crippen LogP contribution in [0.25, 0.3) is 0 Å². The summed E-state index contributed by atoms with van der Waals surface area (Å²) in [5.74, 6) is 0. The van der Waals surface area contributed by atoms with E-state index in [0.717, 1.165) is 21.7 Å². The van der Waals surface area contributed by atoms with Crippen molar-refractivity contribution in [2.24, 2.45) is 0 Å². The molecule has 0 amide bonds. The number of thiocarbonyl (C=S) groups is 2. The molecule has 0 bridgehead atoms. The van der Waals surface area contributed by atoms with E-state index in [-0.39, 0.29) is 0 Å². The van der Waals surface area contributed by atoms with Gasteiger partial charge in [0.25, 0.3) is 0 Å². The van der Waals surface area contributed by atoms with E-state index in [9.17, 15) is 0 Å². The van der Waals surface area contributed by atoms with Crippen molar-refractivity contribution in [2.45, 2.75) is 6.42 Å². The molecule has 0 unspecified atom stereocenters. The molecule has 0 saturated heterocycles. The van der Waals surface area contributed by atoms with E-state index in [1.54, 1.807) is 0 Å². The quantitative estimate of drug-likeness (QED) is 0.559. The Balaban J connectivity index is 2.64. The van der Waals surface area contributed by atoms with Crippen LogP contribution in [0.4, 0.5) is 0 Å². The molecule has 54 valence electrons. The van der Waals surface area contributed by atoms with E-state index in [4.69, 9.17) is 24.4 Å². The molecule has 0 nitrogen and oxygen atoms in total. The lowest BCUT2D eigenvalue weighted by atomic mass is 10.1. The van der Waals surface area contributed by atoms with Gasteiger partial charge in [-0.15, -0.1) is 0 Å². The maximum absolute atomic E-state index is 5.16. The van der Waals surface area contributed by atoms with E-state index in [0.29, 0.717) is 0 Å². The zero-order valence-corrected chi connectivity index (χ0v) is 7.47. The smallest absolute Gasteiger partial charge is 0.0595 e. The zero-order chi connectivity index (χ0) is 7.84. The number of benzene rings is 1. The summed E-state index contributed by atoms with van der Waals surface area (Å²) in [6, 6.07) is 8.15. The molecule has 1 aromatic carbocycles. The Labute approximate surface area is 76.2 Å². The lowest BCUT2D eigenvalue weighted by Gasteiger charge is -1.93. The molecule has 2 heteroatoms. The van der Waals surface area contributed by atoms with Crippen molar-refractivity contribution >= 4 is 34.2 Å². The first-order chi connectivity index (χ1) is 5.29. The van der Waals surface area contributed by atoms with Gasteiger partial charge in [-0.3, -0.25) is 0 Å².